The van der Waals surface area contributed by atoms with Crippen LogP contribution >= 0.6 is 0 Å². The SMILES string of the molecule is CC/C=C\C/C=C\C=C\C(CCCCCCCC(=O)CC(CC(=O)CCCCCCC/C=C\CCCCCCCC)C(=O)CCCCCCC/C=C\C/C=C\CCCCC)C(CCCCCCCCC)CCCCCCCC(=O)CC(CC(=O)CCCCCCC/C=C\C/C=C\C/C=C\CC)C(=O)CCCCCCC/C=C\C/C=C\CCCCC. The van der Waals surface area contributed by atoms with Crippen molar-refractivity contribution in [1.82, 2.24) is 0 Å². The highest BCUT2D eigenvalue weighted by Gasteiger charge is 2.26. The van der Waals surface area contributed by atoms with Crippen LogP contribution in [-0.4, -0.2) is 34.7 Å². The van der Waals surface area contributed by atoms with Gasteiger partial charge >= 0.3 is 0 Å². The van der Waals surface area contributed by atoms with E-state index < -0.39 is 11.8 Å². The van der Waals surface area contributed by atoms with Gasteiger partial charge in [-0.15, -0.1) is 0 Å². The predicted octanol–water partition coefficient (Wildman–Crippen LogP) is 36.8. The van der Waals surface area contributed by atoms with Gasteiger partial charge in [0, 0.05) is 76.0 Å². The van der Waals surface area contributed by atoms with Crippen LogP contribution in [0, 0.1) is 23.7 Å². The van der Waals surface area contributed by atoms with Gasteiger partial charge in [0.25, 0.3) is 0 Å². The second-order valence-electron chi connectivity index (χ2n) is 36.1. The van der Waals surface area contributed by atoms with Crippen LogP contribution in [0.3, 0.4) is 0 Å². The van der Waals surface area contributed by atoms with Crippen LogP contribution in [0.25, 0.3) is 0 Å². The van der Waals surface area contributed by atoms with Crippen LogP contribution in [0.1, 0.15) is 530 Å². The fourth-order valence-corrected chi connectivity index (χ4v) is 16.7. The van der Waals surface area contributed by atoms with E-state index in [1.54, 1.807) is 0 Å². The number of Topliss-reactive ketones (excluding diaryl/α,β-unsaturated/α-hetero) is 6. The molecule has 6 nitrogen and oxygen atoms in total. The normalized spacial score (nSPS) is 13.5. The third-order valence-corrected chi connectivity index (χ3v) is 24.5. The minimum atomic E-state index is -0.482. The lowest BCUT2D eigenvalue weighted by molar-refractivity contribution is -0.131. The molecule has 0 saturated carbocycles. The predicted molar refractivity (Wildman–Crippen MR) is 529 cm³/mol. The highest BCUT2D eigenvalue weighted by atomic mass is 16.2. The van der Waals surface area contributed by atoms with Crippen molar-refractivity contribution in [1.29, 1.82) is 0 Å². The number of allylic oxidation sites excluding steroid dienone is 22. The van der Waals surface area contributed by atoms with Crippen LogP contribution in [0.5, 0.6) is 0 Å². The summed E-state index contributed by atoms with van der Waals surface area (Å²) in [7, 11) is 0. The molecule has 0 rings (SSSR count). The van der Waals surface area contributed by atoms with Gasteiger partial charge in [0.15, 0.2) is 0 Å². The monoisotopic (exact) mass is 1660 g/mol. The van der Waals surface area contributed by atoms with Crippen molar-refractivity contribution in [3.05, 3.63) is 134 Å². The maximum Gasteiger partial charge on any atom is 0.136 e. The van der Waals surface area contributed by atoms with Crippen LogP contribution in [0.15, 0.2) is 134 Å². The zero-order valence-corrected chi connectivity index (χ0v) is 80.2. The molecular formula is C114H196O6. The summed E-state index contributed by atoms with van der Waals surface area (Å²) >= 11 is 0. The molecule has 4 unspecified atom stereocenters. The molecule has 0 aromatic rings. The van der Waals surface area contributed by atoms with E-state index in [0.717, 1.165) is 205 Å². The van der Waals surface area contributed by atoms with E-state index in [1.165, 1.54) is 218 Å². The molecule has 0 aromatic carbocycles. The third-order valence-electron chi connectivity index (χ3n) is 24.5. The number of unbranched alkanes of at least 4 members (excludes halogenated alkanes) is 46. The number of hydrogen-bond acceptors (Lipinski definition) is 6. The van der Waals surface area contributed by atoms with E-state index in [1.807, 2.05) is 0 Å². The summed E-state index contributed by atoms with van der Waals surface area (Å²) in [5.74, 6) is 1.06. The molecule has 0 radical (unpaired) electrons. The zero-order chi connectivity index (χ0) is 87.1. The first-order chi connectivity index (χ1) is 59.1. The Morgan fingerprint density at radius 2 is 0.417 bits per heavy atom. The van der Waals surface area contributed by atoms with Gasteiger partial charge in [-0.2, -0.15) is 0 Å². The highest BCUT2D eigenvalue weighted by molar-refractivity contribution is 5.93. The molecule has 0 bridgehead atoms. The molecule has 0 amide bonds. The number of rotatable bonds is 96. The molecule has 0 saturated heterocycles. The molecule has 4 atom stereocenters. The van der Waals surface area contributed by atoms with E-state index in [2.05, 4.69) is 175 Å². The number of ketones is 6. The van der Waals surface area contributed by atoms with Gasteiger partial charge < -0.3 is 0 Å². The Balaban J connectivity index is 5.83. The molecule has 6 heteroatoms. The Morgan fingerprint density at radius 1 is 0.200 bits per heavy atom. The largest absolute Gasteiger partial charge is 0.300 e. The smallest absolute Gasteiger partial charge is 0.136 e. The average molecular weight is 1660 g/mol. The summed E-state index contributed by atoms with van der Waals surface area (Å²) in [6.07, 6.45) is 130. The van der Waals surface area contributed by atoms with Gasteiger partial charge in [-0.3, -0.25) is 28.8 Å². The minimum Gasteiger partial charge on any atom is -0.300 e. The molecule has 0 aliphatic carbocycles. The Hall–Kier alpha value is -4.84. The van der Waals surface area contributed by atoms with Crippen molar-refractivity contribution in [3.63, 3.8) is 0 Å². The number of carbonyl (C=O) groups is 6. The molecule has 0 heterocycles. The molecule has 0 aliphatic heterocycles. The van der Waals surface area contributed by atoms with Gasteiger partial charge in [0.1, 0.15) is 34.7 Å². The highest BCUT2D eigenvalue weighted by Crippen LogP contribution is 2.32. The van der Waals surface area contributed by atoms with E-state index in [9.17, 15) is 28.8 Å². The third kappa shape index (κ3) is 85.3. The van der Waals surface area contributed by atoms with Gasteiger partial charge in [0.2, 0.25) is 0 Å². The molecule has 0 aliphatic rings. The lowest BCUT2D eigenvalue weighted by Crippen LogP contribution is -2.22. The number of hydrogen-bond donors (Lipinski definition) is 0. The van der Waals surface area contributed by atoms with Crippen LogP contribution < -0.4 is 0 Å². The fourth-order valence-electron chi connectivity index (χ4n) is 16.7. The van der Waals surface area contributed by atoms with Gasteiger partial charge in [-0.25, -0.2) is 0 Å². The second-order valence-corrected chi connectivity index (χ2v) is 36.1. The summed E-state index contributed by atoms with van der Waals surface area (Å²) in [5.41, 5.74) is 0. The molecule has 0 fully saturated rings. The van der Waals surface area contributed by atoms with Crippen LogP contribution in [0.2, 0.25) is 0 Å². The van der Waals surface area contributed by atoms with Crippen molar-refractivity contribution in [2.75, 3.05) is 0 Å². The first kappa shape index (κ1) is 115. The van der Waals surface area contributed by atoms with Crippen LogP contribution in [0.4, 0.5) is 0 Å². The average Bonchev–Trinajstić information content (AvgIpc) is 0.903. The van der Waals surface area contributed by atoms with Crippen molar-refractivity contribution in [3.8, 4) is 0 Å². The summed E-state index contributed by atoms with van der Waals surface area (Å²) < 4.78 is 0. The van der Waals surface area contributed by atoms with E-state index in [0.29, 0.717) is 50.4 Å². The first-order valence-electron chi connectivity index (χ1n) is 52.4. The Labute approximate surface area is 745 Å². The maximum atomic E-state index is 14.0. The summed E-state index contributed by atoms with van der Waals surface area (Å²) in [6, 6.07) is 0. The summed E-state index contributed by atoms with van der Waals surface area (Å²) in [4.78, 5) is 82.7. The van der Waals surface area contributed by atoms with Gasteiger partial charge in [-0.05, 0) is 204 Å². The Bertz CT molecular complexity index is 2650. The first-order valence-corrected chi connectivity index (χ1v) is 52.4. The van der Waals surface area contributed by atoms with E-state index in [4.69, 9.17) is 0 Å². The van der Waals surface area contributed by atoms with E-state index >= 15 is 0 Å². The van der Waals surface area contributed by atoms with Crippen molar-refractivity contribution >= 4 is 34.7 Å². The van der Waals surface area contributed by atoms with Crippen molar-refractivity contribution in [2.24, 2.45) is 23.7 Å². The molecule has 0 N–H and O–H groups in total. The summed E-state index contributed by atoms with van der Waals surface area (Å²) in [5, 5.41) is 0. The topological polar surface area (TPSA) is 102 Å². The maximum absolute atomic E-state index is 14.0. The van der Waals surface area contributed by atoms with Crippen molar-refractivity contribution in [2.45, 2.75) is 530 Å². The van der Waals surface area contributed by atoms with Gasteiger partial charge in [-0.1, -0.05) is 406 Å². The minimum absolute atomic E-state index is 0.125. The number of carbonyl (C=O) groups excluding carboxylic acids is 6. The van der Waals surface area contributed by atoms with Crippen molar-refractivity contribution < 1.29 is 28.8 Å². The molecule has 688 valence electrons. The van der Waals surface area contributed by atoms with E-state index in [-0.39, 0.29) is 60.4 Å². The summed E-state index contributed by atoms with van der Waals surface area (Å²) in [6.45, 7) is 13.4. The van der Waals surface area contributed by atoms with Crippen LogP contribution in [-0.2, 0) is 28.8 Å². The quantitative estimate of drug-likeness (QED) is 0.0341. The van der Waals surface area contributed by atoms with Gasteiger partial charge in [0.05, 0.1) is 0 Å². The fraction of sp³-hybridized carbons (Fsp3) is 0.754. The zero-order valence-electron chi connectivity index (χ0n) is 80.2. The standard InChI is InChI=1S/C114H196O6/c1-7-13-19-25-31-35-39-43-47-51-55-59-65-75-85-95-109(115)101-107(113(119)99-89-79-67-61-57-53-49-45-41-37-33-27-21-15-9-3)103-111(117)97-87-77-69-73-83-93-105(91-81-71-63-29-23-17-11-5)106(92-82-72-64-30-24-18-12-6)94-84-74-70-78-88-98-112(118)104-108(114(120)100-90-80-68-62-58-54-50-46-42-38-34-28-22-16-10-4)102-110(116)96-86-76-66-60-56-52-48-44-40-36-32-26-20-14-8-2/h13,18-19,24,31,33-35,37-38,43-50,64,72,82,92,105-108H,7-12,14-17,20-23,25-30,32,36,39-42,51-63,65-71,73-81,83-91,93-104H2,1-6H3/b19-13-,24-18-,35-31-,37-33-,38-34-,47-43-,48-44-,49-45-,50-46-,72-64-,92-82+. The molecule has 0 spiro atoms. The Kier molecular flexibility index (Phi) is 92.5. The Morgan fingerprint density at radius 3 is 0.717 bits per heavy atom. The lowest BCUT2D eigenvalue weighted by atomic mass is 9.80. The molecule has 0 aromatic heterocycles. The second kappa shape index (κ2) is 96.4. The molecular weight excluding hydrogens is 1470 g/mol. The lowest BCUT2D eigenvalue weighted by Gasteiger charge is -2.25. The molecule has 120 heavy (non-hydrogen) atoms.